The van der Waals surface area contributed by atoms with Crippen molar-refractivity contribution in [2.75, 3.05) is 6.54 Å². The van der Waals surface area contributed by atoms with Crippen LogP contribution in [0.4, 0.5) is 9.18 Å². The fourth-order valence-corrected chi connectivity index (χ4v) is 2.99. The highest BCUT2D eigenvalue weighted by Crippen LogP contribution is 2.33. The van der Waals surface area contributed by atoms with Crippen LogP contribution in [0, 0.1) is 12.7 Å². The Hall–Kier alpha value is -2.15. The maximum atomic E-state index is 13.3. The second kappa shape index (κ2) is 6.95. The number of likely N-dealkylation sites (tertiary alicyclic amines) is 1. The number of rotatable bonds is 3. The average molecular weight is 323 g/mol. The summed E-state index contributed by atoms with van der Waals surface area (Å²) in [6.07, 6.45) is -0.0679. The Bertz CT molecular complexity index is 606. The summed E-state index contributed by atoms with van der Waals surface area (Å²) in [6, 6.07) is 3.35. The summed E-state index contributed by atoms with van der Waals surface area (Å²) in [5, 5.41) is 12.1. The first-order chi connectivity index (χ1) is 10.8. The molecule has 1 aromatic carbocycles. The largest absolute Gasteiger partial charge is 0.384 e. The number of aliphatic hydroxyl groups excluding tert-OH is 1. The molecule has 0 spiro atoms. The van der Waals surface area contributed by atoms with Gasteiger partial charge in [0.25, 0.3) is 0 Å². The lowest BCUT2D eigenvalue weighted by Gasteiger charge is -2.39. The number of aryl methyl sites for hydroxylation is 1. The molecule has 4 N–H and O–H groups in total. The summed E-state index contributed by atoms with van der Waals surface area (Å²) in [4.78, 5) is 24.9. The molecule has 1 fully saturated rings. The zero-order valence-electron chi connectivity index (χ0n) is 13.3. The van der Waals surface area contributed by atoms with Crippen LogP contribution in [0.25, 0.3) is 0 Å². The van der Waals surface area contributed by atoms with Crippen molar-refractivity contribution in [2.45, 2.75) is 44.9 Å². The smallest absolute Gasteiger partial charge is 0.315 e. The van der Waals surface area contributed by atoms with E-state index in [0.29, 0.717) is 19.4 Å². The van der Waals surface area contributed by atoms with Crippen LogP contribution < -0.4 is 11.1 Å². The van der Waals surface area contributed by atoms with Gasteiger partial charge in [-0.15, -0.1) is 0 Å². The van der Waals surface area contributed by atoms with E-state index in [1.54, 1.807) is 13.0 Å². The van der Waals surface area contributed by atoms with Gasteiger partial charge < -0.3 is 21.1 Å². The van der Waals surface area contributed by atoms with Gasteiger partial charge in [0.1, 0.15) is 11.9 Å². The number of urea groups is 1. The van der Waals surface area contributed by atoms with Gasteiger partial charge in [0, 0.05) is 12.6 Å². The molecule has 3 atom stereocenters. The molecule has 1 aliphatic rings. The Balaban J connectivity index is 2.23. The molecule has 0 bridgehead atoms. The van der Waals surface area contributed by atoms with Gasteiger partial charge in [-0.2, -0.15) is 0 Å². The number of primary amides is 1. The molecule has 1 aromatic rings. The first-order valence-electron chi connectivity index (χ1n) is 7.60. The van der Waals surface area contributed by atoms with Crippen LogP contribution in [0.3, 0.4) is 0 Å². The summed E-state index contributed by atoms with van der Waals surface area (Å²) in [7, 11) is 0. The molecule has 0 radical (unpaired) electrons. The molecule has 0 aromatic heterocycles. The molecule has 3 unspecified atom stereocenters. The number of hydrogen-bond acceptors (Lipinski definition) is 3. The monoisotopic (exact) mass is 323 g/mol. The number of nitrogens with two attached hydrogens (primary N) is 1. The minimum atomic E-state index is -1.09. The minimum Gasteiger partial charge on any atom is -0.384 e. The van der Waals surface area contributed by atoms with Gasteiger partial charge in [-0.25, -0.2) is 9.18 Å². The third-order valence-corrected chi connectivity index (χ3v) is 4.20. The maximum absolute atomic E-state index is 13.3. The van der Waals surface area contributed by atoms with Crippen LogP contribution in [0.1, 0.15) is 36.9 Å². The van der Waals surface area contributed by atoms with E-state index in [-0.39, 0.29) is 17.9 Å². The van der Waals surface area contributed by atoms with Gasteiger partial charge >= 0.3 is 6.03 Å². The fourth-order valence-electron chi connectivity index (χ4n) is 2.99. The van der Waals surface area contributed by atoms with Crippen LogP contribution in [0.5, 0.6) is 0 Å². The van der Waals surface area contributed by atoms with Gasteiger partial charge in [0.05, 0.1) is 6.04 Å². The lowest BCUT2D eigenvalue weighted by Crippen LogP contribution is -2.51. The average Bonchev–Trinajstić information content (AvgIpc) is 2.46. The van der Waals surface area contributed by atoms with Crippen molar-refractivity contribution in [3.63, 3.8) is 0 Å². The molecule has 7 heteroatoms. The fraction of sp³-hybridized carbons (Fsp3) is 0.500. The van der Waals surface area contributed by atoms with Crippen LogP contribution in [-0.4, -0.2) is 40.6 Å². The summed E-state index contributed by atoms with van der Waals surface area (Å²) >= 11 is 0. The Labute approximate surface area is 134 Å². The molecule has 0 aliphatic carbocycles. The number of nitrogens with zero attached hydrogens (tertiary/aromatic N) is 1. The Morgan fingerprint density at radius 2 is 2.17 bits per heavy atom. The van der Waals surface area contributed by atoms with E-state index >= 15 is 0 Å². The van der Waals surface area contributed by atoms with Crippen molar-refractivity contribution < 1.29 is 19.1 Å². The minimum absolute atomic E-state index is 0.179. The van der Waals surface area contributed by atoms with Crippen molar-refractivity contribution in [3.8, 4) is 0 Å². The molecule has 0 saturated carbocycles. The number of aliphatic hydroxyl groups is 1. The number of benzene rings is 1. The topological polar surface area (TPSA) is 95.7 Å². The predicted octanol–water partition coefficient (Wildman–Crippen LogP) is 1.22. The predicted molar refractivity (Wildman–Crippen MR) is 83.0 cm³/mol. The standard InChI is InChI=1S/C16H22FN3O3/c1-9-7-11(17)3-4-13(9)14-8-12(19-15(22)10(2)21)5-6-20(14)16(18)23/h3-4,7,10,12,14,21H,5-6,8H2,1-2H3,(H2,18,23)(H,19,22). The van der Waals surface area contributed by atoms with E-state index in [9.17, 15) is 19.1 Å². The number of carbonyl (C=O) groups excluding carboxylic acids is 2. The first-order valence-corrected chi connectivity index (χ1v) is 7.60. The number of piperidine rings is 1. The third kappa shape index (κ3) is 3.98. The Morgan fingerprint density at radius 1 is 1.48 bits per heavy atom. The molecule has 1 heterocycles. The number of halogens is 1. The molecule has 2 rings (SSSR count). The summed E-state index contributed by atoms with van der Waals surface area (Å²) < 4.78 is 13.3. The van der Waals surface area contributed by atoms with Crippen LogP contribution in [-0.2, 0) is 4.79 Å². The van der Waals surface area contributed by atoms with E-state index in [4.69, 9.17) is 5.73 Å². The highest BCUT2D eigenvalue weighted by molar-refractivity contribution is 5.80. The highest BCUT2D eigenvalue weighted by Gasteiger charge is 2.33. The van der Waals surface area contributed by atoms with Crippen LogP contribution >= 0.6 is 0 Å². The van der Waals surface area contributed by atoms with Crippen molar-refractivity contribution >= 4 is 11.9 Å². The van der Waals surface area contributed by atoms with Crippen molar-refractivity contribution in [1.82, 2.24) is 10.2 Å². The number of carbonyl (C=O) groups is 2. The normalized spacial score (nSPS) is 22.5. The third-order valence-electron chi connectivity index (χ3n) is 4.20. The maximum Gasteiger partial charge on any atom is 0.315 e. The van der Waals surface area contributed by atoms with Crippen molar-refractivity contribution in [3.05, 3.63) is 35.1 Å². The second-order valence-electron chi connectivity index (χ2n) is 5.95. The zero-order chi connectivity index (χ0) is 17.1. The Morgan fingerprint density at radius 3 is 2.74 bits per heavy atom. The molecule has 23 heavy (non-hydrogen) atoms. The lowest BCUT2D eigenvalue weighted by molar-refractivity contribution is -0.129. The van der Waals surface area contributed by atoms with Gasteiger partial charge in [-0.1, -0.05) is 6.07 Å². The van der Waals surface area contributed by atoms with E-state index < -0.39 is 18.0 Å². The second-order valence-corrected chi connectivity index (χ2v) is 5.95. The lowest BCUT2D eigenvalue weighted by atomic mass is 9.89. The van der Waals surface area contributed by atoms with Crippen LogP contribution in [0.2, 0.25) is 0 Å². The number of amides is 3. The zero-order valence-corrected chi connectivity index (χ0v) is 13.3. The Kier molecular flexibility index (Phi) is 5.20. The molecule has 1 saturated heterocycles. The van der Waals surface area contributed by atoms with Crippen molar-refractivity contribution in [1.29, 1.82) is 0 Å². The van der Waals surface area contributed by atoms with Crippen LogP contribution in [0.15, 0.2) is 18.2 Å². The number of hydrogen-bond donors (Lipinski definition) is 3. The summed E-state index contributed by atoms with van der Waals surface area (Å²) in [5.41, 5.74) is 6.99. The number of nitrogens with one attached hydrogen (secondary N) is 1. The van der Waals surface area contributed by atoms with Gasteiger partial charge in [-0.05, 0) is 49.9 Å². The molecular weight excluding hydrogens is 301 g/mol. The highest BCUT2D eigenvalue weighted by atomic mass is 19.1. The van der Waals surface area contributed by atoms with Gasteiger partial charge in [-0.3, -0.25) is 4.79 Å². The van der Waals surface area contributed by atoms with E-state index in [0.717, 1.165) is 11.1 Å². The van der Waals surface area contributed by atoms with Gasteiger partial charge in [0.2, 0.25) is 5.91 Å². The summed E-state index contributed by atoms with van der Waals surface area (Å²) in [6.45, 7) is 3.56. The molecule has 126 valence electrons. The van der Waals surface area contributed by atoms with Crippen molar-refractivity contribution in [2.24, 2.45) is 5.73 Å². The quantitative estimate of drug-likeness (QED) is 0.780. The molecule has 6 nitrogen and oxygen atoms in total. The SMILES string of the molecule is Cc1cc(F)ccc1C1CC(NC(=O)C(C)O)CCN1C(N)=O. The molecular formula is C16H22FN3O3. The van der Waals surface area contributed by atoms with E-state index in [1.165, 1.54) is 24.0 Å². The first kappa shape index (κ1) is 17.2. The molecule has 1 aliphatic heterocycles. The van der Waals surface area contributed by atoms with E-state index in [2.05, 4.69) is 5.32 Å². The summed E-state index contributed by atoms with van der Waals surface area (Å²) in [5.74, 6) is -0.788. The van der Waals surface area contributed by atoms with Gasteiger partial charge in [0.15, 0.2) is 0 Å². The van der Waals surface area contributed by atoms with E-state index in [1.807, 2.05) is 0 Å². The molecule has 3 amide bonds.